The second kappa shape index (κ2) is 9.30. The molecule has 0 spiro atoms. The van der Waals surface area contributed by atoms with Crippen LogP contribution in [-0.4, -0.2) is 36.2 Å². The Morgan fingerprint density at radius 1 is 1.17 bits per heavy atom. The molecule has 1 aliphatic rings. The molecule has 0 aromatic heterocycles. The number of hydrogen-bond donors (Lipinski definition) is 2. The lowest BCUT2D eigenvalue weighted by Crippen LogP contribution is -2.30. The lowest BCUT2D eigenvalue weighted by molar-refractivity contribution is -0.120. The molecule has 0 heterocycles. The second-order valence-corrected chi connectivity index (χ2v) is 6.02. The van der Waals surface area contributed by atoms with Gasteiger partial charge in [0.1, 0.15) is 0 Å². The van der Waals surface area contributed by atoms with Crippen molar-refractivity contribution in [3.8, 4) is 0 Å². The van der Waals surface area contributed by atoms with Gasteiger partial charge in [0.05, 0.1) is 24.7 Å². The van der Waals surface area contributed by atoms with Gasteiger partial charge in [-0.2, -0.15) is 0 Å². The average Bonchev–Trinajstić information content (AvgIpc) is 2.80. The predicted molar refractivity (Wildman–Crippen MR) is 87.6 cm³/mol. The summed E-state index contributed by atoms with van der Waals surface area (Å²) in [5, 5.41) is 11.8. The number of carbonyl (C=O) groups excluding carboxylic acids is 1. The Morgan fingerprint density at radius 3 is 2.61 bits per heavy atom. The van der Waals surface area contributed by atoms with Crippen molar-refractivity contribution in [2.75, 3.05) is 13.2 Å². The predicted octanol–water partition coefficient (Wildman–Crippen LogP) is 2.78. The van der Waals surface area contributed by atoms with Crippen molar-refractivity contribution in [2.45, 2.75) is 51.0 Å². The number of rotatable bonds is 7. The highest BCUT2D eigenvalue weighted by atomic mass is 16.5. The van der Waals surface area contributed by atoms with Gasteiger partial charge in [-0.3, -0.25) is 4.79 Å². The minimum absolute atomic E-state index is 0.114. The Kier molecular flexibility index (Phi) is 7.07. The molecule has 1 aromatic carbocycles. The molecule has 1 aromatic rings. The zero-order chi connectivity index (χ0) is 16.5. The normalized spacial score (nSPS) is 15.8. The van der Waals surface area contributed by atoms with Gasteiger partial charge in [0.2, 0.25) is 5.91 Å². The van der Waals surface area contributed by atoms with Gasteiger partial charge in [-0.05, 0) is 30.5 Å². The number of aromatic carboxylic acids is 1. The summed E-state index contributed by atoms with van der Waals surface area (Å²) in [6.45, 7) is 1.03. The number of carboxylic acids is 1. The number of hydrogen-bond acceptors (Lipinski definition) is 3. The fourth-order valence-electron chi connectivity index (χ4n) is 2.89. The molecule has 0 unspecified atom stereocenters. The Labute approximate surface area is 137 Å². The maximum Gasteiger partial charge on any atom is 0.335 e. The van der Waals surface area contributed by atoms with E-state index in [-0.39, 0.29) is 17.9 Å². The van der Waals surface area contributed by atoms with Crippen molar-refractivity contribution < 1.29 is 19.4 Å². The molecule has 0 bridgehead atoms. The minimum Gasteiger partial charge on any atom is -0.478 e. The van der Waals surface area contributed by atoms with Crippen LogP contribution in [0.2, 0.25) is 0 Å². The fraction of sp³-hybridized carbons (Fsp3) is 0.556. The van der Waals surface area contributed by atoms with Crippen LogP contribution in [0.5, 0.6) is 0 Å². The largest absolute Gasteiger partial charge is 0.478 e. The molecule has 1 aliphatic carbocycles. The van der Waals surface area contributed by atoms with E-state index in [1.807, 2.05) is 0 Å². The van der Waals surface area contributed by atoms with E-state index >= 15 is 0 Å². The van der Waals surface area contributed by atoms with E-state index in [0.717, 1.165) is 12.8 Å². The van der Waals surface area contributed by atoms with Gasteiger partial charge in [-0.15, -0.1) is 0 Å². The molecule has 1 saturated carbocycles. The van der Waals surface area contributed by atoms with Crippen LogP contribution in [0.1, 0.15) is 54.4 Å². The van der Waals surface area contributed by atoms with Gasteiger partial charge < -0.3 is 15.2 Å². The third kappa shape index (κ3) is 6.40. The van der Waals surface area contributed by atoms with Gasteiger partial charge >= 0.3 is 5.97 Å². The number of carboxylic acid groups (broad SMARTS) is 1. The summed E-state index contributed by atoms with van der Waals surface area (Å²) in [6, 6.07) is 6.46. The van der Waals surface area contributed by atoms with Crippen LogP contribution in [0.4, 0.5) is 0 Å². The van der Waals surface area contributed by atoms with E-state index < -0.39 is 5.97 Å². The van der Waals surface area contributed by atoms with Crippen molar-refractivity contribution in [2.24, 2.45) is 0 Å². The first kappa shape index (κ1) is 17.5. The highest BCUT2D eigenvalue weighted by Crippen LogP contribution is 2.19. The lowest BCUT2D eigenvalue weighted by atomic mass is 10.1. The summed E-state index contributed by atoms with van der Waals surface area (Å²) in [6.07, 6.45) is 7.82. The third-order valence-corrected chi connectivity index (χ3v) is 4.12. The van der Waals surface area contributed by atoms with Crippen LogP contribution in [-0.2, 0) is 16.0 Å². The van der Waals surface area contributed by atoms with Crippen LogP contribution in [0.3, 0.4) is 0 Å². The quantitative estimate of drug-likeness (QED) is 0.598. The summed E-state index contributed by atoms with van der Waals surface area (Å²) in [5.74, 6) is -1.10. The van der Waals surface area contributed by atoms with E-state index in [2.05, 4.69) is 5.32 Å². The van der Waals surface area contributed by atoms with Crippen molar-refractivity contribution in [3.63, 3.8) is 0 Å². The molecule has 1 amide bonds. The zero-order valence-electron chi connectivity index (χ0n) is 13.4. The summed E-state index contributed by atoms with van der Waals surface area (Å²) in [4.78, 5) is 22.8. The van der Waals surface area contributed by atoms with Crippen molar-refractivity contribution >= 4 is 11.9 Å². The van der Waals surface area contributed by atoms with Gasteiger partial charge in [0, 0.05) is 6.54 Å². The molecule has 2 rings (SSSR count). The minimum atomic E-state index is -0.982. The first-order valence-corrected chi connectivity index (χ1v) is 8.35. The number of ether oxygens (including phenoxy) is 1. The van der Waals surface area contributed by atoms with Crippen LogP contribution < -0.4 is 5.32 Å². The molecule has 5 nitrogen and oxygen atoms in total. The lowest BCUT2D eigenvalue weighted by Gasteiger charge is -2.15. The monoisotopic (exact) mass is 319 g/mol. The smallest absolute Gasteiger partial charge is 0.335 e. The van der Waals surface area contributed by atoms with Crippen LogP contribution in [0, 0.1) is 0 Å². The summed E-state index contributed by atoms with van der Waals surface area (Å²) < 4.78 is 5.82. The average molecular weight is 319 g/mol. The van der Waals surface area contributed by atoms with Crippen molar-refractivity contribution in [1.82, 2.24) is 5.32 Å². The molecule has 23 heavy (non-hydrogen) atoms. The van der Waals surface area contributed by atoms with Crippen molar-refractivity contribution in [1.29, 1.82) is 0 Å². The standard InChI is InChI=1S/C18H25NO4/c20-17(13-14-6-5-7-15(12-14)18(21)22)19-10-11-23-16-8-3-1-2-4-9-16/h5-7,12,16H,1-4,8-11,13H2,(H,19,20)(H,21,22). The van der Waals surface area contributed by atoms with Gasteiger partial charge in [0.15, 0.2) is 0 Å². The highest BCUT2D eigenvalue weighted by molar-refractivity contribution is 5.88. The van der Waals surface area contributed by atoms with Crippen LogP contribution in [0.25, 0.3) is 0 Å². The molecule has 1 fully saturated rings. The molecule has 126 valence electrons. The molecule has 5 heteroatoms. The molecular weight excluding hydrogens is 294 g/mol. The van der Waals surface area contributed by atoms with E-state index in [1.54, 1.807) is 12.1 Å². The summed E-state index contributed by atoms with van der Waals surface area (Å²) in [7, 11) is 0. The Balaban J connectivity index is 1.66. The Hall–Kier alpha value is -1.88. The third-order valence-electron chi connectivity index (χ3n) is 4.12. The number of carbonyl (C=O) groups is 2. The first-order valence-electron chi connectivity index (χ1n) is 8.35. The number of benzene rings is 1. The zero-order valence-corrected chi connectivity index (χ0v) is 13.4. The van der Waals surface area contributed by atoms with Gasteiger partial charge in [0.25, 0.3) is 0 Å². The topological polar surface area (TPSA) is 75.6 Å². The number of nitrogens with one attached hydrogen (secondary N) is 1. The Morgan fingerprint density at radius 2 is 1.91 bits per heavy atom. The van der Waals surface area contributed by atoms with Gasteiger partial charge in [-0.1, -0.05) is 37.8 Å². The Bertz CT molecular complexity index is 522. The number of amides is 1. The molecule has 0 radical (unpaired) electrons. The summed E-state index contributed by atoms with van der Waals surface area (Å²) >= 11 is 0. The molecule has 0 aliphatic heterocycles. The van der Waals surface area contributed by atoms with Crippen molar-refractivity contribution in [3.05, 3.63) is 35.4 Å². The van der Waals surface area contributed by atoms with E-state index in [1.165, 1.54) is 37.8 Å². The van der Waals surface area contributed by atoms with E-state index in [4.69, 9.17) is 9.84 Å². The molecule has 0 atom stereocenters. The summed E-state index contributed by atoms with van der Waals surface area (Å²) in [5.41, 5.74) is 0.902. The molecular formula is C18H25NO4. The van der Waals surface area contributed by atoms with Crippen LogP contribution in [0.15, 0.2) is 24.3 Å². The van der Waals surface area contributed by atoms with Gasteiger partial charge in [-0.25, -0.2) is 4.79 Å². The molecule has 2 N–H and O–H groups in total. The second-order valence-electron chi connectivity index (χ2n) is 6.02. The maximum absolute atomic E-state index is 11.9. The molecule has 0 saturated heterocycles. The van der Waals surface area contributed by atoms with Crippen LogP contribution >= 0.6 is 0 Å². The SMILES string of the molecule is O=C(Cc1cccc(C(=O)O)c1)NCCOC1CCCCCC1. The van der Waals surface area contributed by atoms with E-state index in [9.17, 15) is 9.59 Å². The van der Waals surface area contributed by atoms with E-state index in [0.29, 0.717) is 24.8 Å². The first-order chi connectivity index (χ1) is 11.1. The maximum atomic E-state index is 11.9. The highest BCUT2D eigenvalue weighted by Gasteiger charge is 2.12. The fourth-order valence-corrected chi connectivity index (χ4v) is 2.89.